The minimum atomic E-state index is 0.413. The largest absolute Gasteiger partial charge is 0.378 e. The molecule has 2 fully saturated rings. The molecule has 0 bridgehead atoms. The van der Waals surface area contributed by atoms with Gasteiger partial charge >= 0.3 is 0 Å². The second-order valence-corrected chi connectivity index (χ2v) is 7.21. The smallest absolute Gasteiger partial charge is 0.250 e. The molecule has 2 aromatic rings. The number of hydrogen-bond acceptors (Lipinski definition) is 9. The molecule has 0 unspecified atom stereocenters. The molecule has 0 spiro atoms. The first kappa shape index (κ1) is 19.8. The minimum absolute atomic E-state index is 0.413. The lowest BCUT2D eigenvalue weighted by Crippen LogP contribution is -2.40. The molecular weight excluding hydrogens is 394 g/mol. The van der Waals surface area contributed by atoms with Gasteiger partial charge in [-0.05, 0) is 24.6 Å². The van der Waals surface area contributed by atoms with Crippen molar-refractivity contribution in [2.45, 2.75) is 6.92 Å². The van der Waals surface area contributed by atoms with Gasteiger partial charge < -0.3 is 19.3 Å². The van der Waals surface area contributed by atoms with E-state index in [1.165, 1.54) is 0 Å². The van der Waals surface area contributed by atoms with Gasteiger partial charge in [0.2, 0.25) is 17.8 Å². The summed E-state index contributed by atoms with van der Waals surface area (Å²) < 4.78 is 10.9. The Kier molecular flexibility index (Phi) is 6.38. The maximum atomic E-state index is 5.96. The van der Waals surface area contributed by atoms with Crippen molar-refractivity contribution >= 4 is 35.2 Å². The number of rotatable bonds is 5. The van der Waals surface area contributed by atoms with E-state index in [9.17, 15) is 0 Å². The first-order valence-electron chi connectivity index (χ1n) is 9.67. The van der Waals surface area contributed by atoms with Crippen molar-refractivity contribution < 1.29 is 9.47 Å². The van der Waals surface area contributed by atoms with E-state index in [2.05, 4.69) is 30.3 Å². The summed E-state index contributed by atoms with van der Waals surface area (Å²) in [6.45, 7) is 7.56. The van der Waals surface area contributed by atoms with Gasteiger partial charge in [-0.3, -0.25) is 0 Å². The van der Waals surface area contributed by atoms with E-state index in [4.69, 9.17) is 26.1 Å². The SMILES string of the molecule is C/C(=N\Nc1nc(N2CCOCC2)nc(N2CCOCC2)n1)c1ccc(Cl)cc1. The molecule has 0 atom stereocenters. The lowest BCUT2D eigenvalue weighted by atomic mass is 10.1. The summed E-state index contributed by atoms with van der Waals surface area (Å²) in [4.78, 5) is 18.1. The van der Waals surface area contributed by atoms with E-state index >= 15 is 0 Å². The normalized spacial score (nSPS) is 18.1. The summed E-state index contributed by atoms with van der Waals surface area (Å²) in [7, 11) is 0. The molecule has 0 saturated carbocycles. The van der Waals surface area contributed by atoms with Gasteiger partial charge in [0.25, 0.3) is 0 Å². The van der Waals surface area contributed by atoms with Crippen LogP contribution >= 0.6 is 11.6 Å². The number of hydrogen-bond donors (Lipinski definition) is 1. The summed E-state index contributed by atoms with van der Waals surface area (Å²) in [5.41, 5.74) is 4.77. The molecule has 1 aromatic heterocycles. The molecular formula is C19H24ClN7O2. The summed E-state index contributed by atoms with van der Waals surface area (Å²) in [6.07, 6.45) is 0. The van der Waals surface area contributed by atoms with Gasteiger partial charge in [-0.15, -0.1) is 0 Å². The van der Waals surface area contributed by atoms with Gasteiger partial charge in [0.15, 0.2) is 0 Å². The molecule has 29 heavy (non-hydrogen) atoms. The number of nitrogens with one attached hydrogen (secondary N) is 1. The molecule has 4 rings (SSSR count). The fraction of sp³-hybridized carbons (Fsp3) is 0.474. The molecule has 0 amide bonds. The number of anilines is 3. The van der Waals surface area contributed by atoms with Crippen LogP contribution in [0.3, 0.4) is 0 Å². The van der Waals surface area contributed by atoms with E-state index in [1.54, 1.807) is 0 Å². The predicted molar refractivity (Wildman–Crippen MR) is 113 cm³/mol. The first-order valence-corrected chi connectivity index (χ1v) is 10.0. The predicted octanol–water partition coefficient (Wildman–Crippen LogP) is 2.03. The zero-order valence-corrected chi connectivity index (χ0v) is 17.1. The van der Waals surface area contributed by atoms with Crippen molar-refractivity contribution in [3.63, 3.8) is 0 Å². The highest BCUT2D eigenvalue weighted by Gasteiger charge is 2.20. The summed E-state index contributed by atoms with van der Waals surface area (Å²) in [5, 5.41) is 5.14. The van der Waals surface area contributed by atoms with Crippen molar-refractivity contribution in [3.8, 4) is 0 Å². The van der Waals surface area contributed by atoms with Gasteiger partial charge in [-0.2, -0.15) is 20.1 Å². The summed E-state index contributed by atoms with van der Waals surface area (Å²) in [6, 6.07) is 7.53. The number of halogens is 1. The van der Waals surface area contributed by atoms with E-state index in [1.807, 2.05) is 31.2 Å². The molecule has 0 aliphatic carbocycles. The van der Waals surface area contributed by atoms with E-state index in [-0.39, 0.29) is 0 Å². The average Bonchev–Trinajstić information content (AvgIpc) is 2.79. The van der Waals surface area contributed by atoms with Crippen molar-refractivity contribution in [2.24, 2.45) is 5.10 Å². The Bertz CT molecular complexity index is 814. The Labute approximate surface area is 174 Å². The highest BCUT2D eigenvalue weighted by Crippen LogP contribution is 2.19. The average molecular weight is 418 g/mol. The van der Waals surface area contributed by atoms with Gasteiger partial charge in [0, 0.05) is 31.2 Å². The second-order valence-electron chi connectivity index (χ2n) is 6.77. The first-order chi connectivity index (χ1) is 14.2. The number of hydrazone groups is 1. The van der Waals surface area contributed by atoms with Crippen molar-refractivity contribution in [2.75, 3.05) is 67.8 Å². The van der Waals surface area contributed by atoms with Crippen LogP contribution in [0.4, 0.5) is 17.8 Å². The lowest BCUT2D eigenvalue weighted by molar-refractivity contribution is 0.121. The Morgan fingerprint density at radius 1 is 0.897 bits per heavy atom. The number of morpholine rings is 2. The van der Waals surface area contributed by atoms with Gasteiger partial charge in [-0.25, -0.2) is 5.43 Å². The van der Waals surface area contributed by atoms with Crippen LogP contribution in [0.1, 0.15) is 12.5 Å². The van der Waals surface area contributed by atoms with Crippen LogP contribution in [0.2, 0.25) is 5.02 Å². The third-order valence-corrected chi connectivity index (χ3v) is 5.04. The quantitative estimate of drug-likeness (QED) is 0.584. The van der Waals surface area contributed by atoms with Crippen LogP contribution in [0, 0.1) is 0 Å². The zero-order valence-electron chi connectivity index (χ0n) is 16.3. The maximum absolute atomic E-state index is 5.96. The van der Waals surface area contributed by atoms with E-state index in [0.29, 0.717) is 49.3 Å². The maximum Gasteiger partial charge on any atom is 0.250 e. The van der Waals surface area contributed by atoms with E-state index in [0.717, 1.165) is 37.5 Å². The summed E-state index contributed by atoms with van der Waals surface area (Å²) in [5.74, 6) is 1.68. The Morgan fingerprint density at radius 3 is 1.93 bits per heavy atom. The zero-order chi connectivity index (χ0) is 20.1. The Morgan fingerprint density at radius 2 is 1.41 bits per heavy atom. The lowest BCUT2D eigenvalue weighted by Gasteiger charge is -2.30. The standard InChI is InChI=1S/C19H24ClN7O2/c1-14(15-2-4-16(20)5-3-15)24-25-17-21-18(26-6-10-28-11-7-26)23-19(22-17)27-8-12-29-13-9-27/h2-5H,6-13H2,1H3,(H,21,22,23,25)/b24-14+. The fourth-order valence-electron chi connectivity index (χ4n) is 3.10. The van der Waals surface area contributed by atoms with Crippen LogP contribution in [0.5, 0.6) is 0 Å². The molecule has 2 aliphatic heterocycles. The van der Waals surface area contributed by atoms with Crippen LogP contribution in [0.25, 0.3) is 0 Å². The highest BCUT2D eigenvalue weighted by molar-refractivity contribution is 6.30. The Balaban J connectivity index is 1.58. The molecule has 10 heteroatoms. The van der Waals surface area contributed by atoms with Crippen LogP contribution in [-0.4, -0.2) is 73.3 Å². The number of nitrogens with zero attached hydrogens (tertiary/aromatic N) is 6. The molecule has 3 heterocycles. The number of benzene rings is 1. The molecule has 1 N–H and O–H groups in total. The molecule has 2 aliphatic rings. The third kappa shape index (κ3) is 5.11. The third-order valence-electron chi connectivity index (χ3n) is 4.79. The Hall–Kier alpha value is -2.49. The molecule has 154 valence electrons. The molecule has 1 aromatic carbocycles. The molecule has 9 nitrogen and oxygen atoms in total. The van der Waals surface area contributed by atoms with Gasteiger partial charge in [0.1, 0.15) is 0 Å². The van der Waals surface area contributed by atoms with Crippen LogP contribution in [-0.2, 0) is 9.47 Å². The van der Waals surface area contributed by atoms with Gasteiger partial charge in [-0.1, -0.05) is 23.7 Å². The van der Waals surface area contributed by atoms with Gasteiger partial charge in [0.05, 0.1) is 32.1 Å². The van der Waals surface area contributed by atoms with Crippen molar-refractivity contribution in [1.82, 2.24) is 15.0 Å². The number of ether oxygens (including phenoxy) is 2. The summed E-state index contributed by atoms with van der Waals surface area (Å²) >= 11 is 5.96. The van der Waals surface area contributed by atoms with Crippen molar-refractivity contribution in [3.05, 3.63) is 34.9 Å². The monoisotopic (exact) mass is 417 g/mol. The molecule has 0 radical (unpaired) electrons. The van der Waals surface area contributed by atoms with Crippen LogP contribution < -0.4 is 15.2 Å². The van der Waals surface area contributed by atoms with Crippen LogP contribution in [0.15, 0.2) is 29.4 Å². The number of aromatic nitrogens is 3. The minimum Gasteiger partial charge on any atom is -0.378 e. The van der Waals surface area contributed by atoms with Crippen molar-refractivity contribution in [1.29, 1.82) is 0 Å². The second kappa shape index (κ2) is 9.34. The highest BCUT2D eigenvalue weighted by atomic mass is 35.5. The topological polar surface area (TPSA) is 88.0 Å². The molecule has 2 saturated heterocycles. The van der Waals surface area contributed by atoms with E-state index < -0.39 is 0 Å². The fourth-order valence-corrected chi connectivity index (χ4v) is 3.23.